The van der Waals surface area contributed by atoms with Crippen LogP contribution in [0.2, 0.25) is 0 Å². The number of hydrazine groups is 1. The summed E-state index contributed by atoms with van der Waals surface area (Å²) < 4.78 is 27.1. The van der Waals surface area contributed by atoms with E-state index in [4.69, 9.17) is 17.4 Å². The summed E-state index contributed by atoms with van der Waals surface area (Å²) in [6.07, 6.45) is -0.451. The van der Waals surface area contributed by atoms with Gasteiger partial charge in [0.25, 0.3) is 16.0 Å². The minimum absolute atomic E-state index is 0.0658. The molecule has 1 unspecified atom stereocenters. The quantitative estimate of drug-likeness (QED) is 0.138. The molecule has 0 aliphatic rings. The van der Waals surface area contributed by atoms with Gasteiger partial charge >= 0.3 is 11.9 Å². The van der Waals surface area contributed by atoms with E-state index in [2.05, 4.69) is 4.18 Å². The molecule has 0 aliphatic heterocycles. The Bertz CT molecular complexity index is 833. The lowest BCUT2D eigenvalue weighted by Gasteiger charge is -2.39. The van der Waals surface area contributed by atoms with Gasteiger partial charge in [0.2, 0.25) is 0 Å². The van der Waals surface area contributed by atoms with Gasteiger partial charge in [0.15, 0.2) is 5.54 Å². The number of benzene rings is 1. The molecule has 1 aromatic rings. The first-order chi connectivity index (χ1) is 13.4. The molecule has 0 aromatic heterocycles. The molecule has 1 aromatic carbocycles. The highest BCUT2D eigenvalue weighted by Gasteiger charge is 2.48. The number of carboxylic acid groups (broad SMARTS) is 2. The van der Waals surface area contributed by atoms with Crippen LogP contribution in [-0.4, -0.2) is 65.8 Å². The van der Waals surface area contributed by atoms with E-state index in [0.29, 0.717) is 5.01 Å². The molecule has 162 valence electrons. The van der Waals surface area contributed by atoms with Crippen molar-refractivity contribution < 1.29 is 37.2 Å². The fourth-order valence-corrected chi connectivity index (χ4v) is 3.40. The smallest absolute Gasteiger partial charge is 0.331 e. The number of hydrogen-bond acceptors (Lipinski definition) is 7. The van der Waals surface area contributed by atoms with Crippen LogP contribution in [0.5, 0.6) is 0 Å². The second-order valence-corrected chi connectivity index (χ2v) is 8.39. The molecule has 1 rings (SSSR count). The lowest BCUT2D eigenvalue weighted by molar-refractivity contribution is -0.155. The Hall–Kier alpha value is -2.21. The van der Waals surface area contributed by atoms with Crippen molar-refractivity contribution in [1.82, 2.24) is 5.01 Å². The van der Waals surface area contributed by atoms with E-state index in [0.717, 1.165) is 6.26 Å². The van der Waals surface area contributed by atoms with Crippen LogP contribution in [0.4, 0.5) is 0 Å². The van der Waals surface area contributed by atoms with Crippen molar-refractivity contribution in [2.45, 2.75) is 24.8 Å². The van der Waals surface area contributed by atoms with E-state index in [1.54, 1.807) is 18.2 Å². The third-order valence-electron chi connectivity index (χ3n) is 4.30. The van der Waals surface area contributed by atoms with Crippen LogP contribution in [0.25, 0.3) is 0 Å². The Labute approximate surface area is 173 Å². The molecule has 29 heavy (non-hydrogen) atoms. The van der Waals surface area contributed by atoms with E-state index >= 15 is 0 Å². The molecular formula is C17H23ClN2O8S. The van der Waals surface area contributed by atoms with Gasteiger partial charge in [-0.3, -0.25) is 18.8 Å². The Kier molecular flexibility index (Phi) is 9.02. The average Bonchev–Trinajstić information content (AvgIpc) is 2.64. The number of nitrogens with two attached hydrogens (primary N) is 1. The van der Waals surface area contributed by atoms with Gasteiger partial charge in [-0.25, -0.2) is 10.6 Å². The summed E-state index contributed by atoms with van der Waals surface area (Å²) in [4.78, 5) is 36.5. The predicted octanol–water partition coefficient (Wildman–Crippen LogP) is 0.912. The van der Waals surface area contributed by atoms with Crippen LogP contribution >= 0.6 is 11.6 Å². The van der Waals surface area contributed by atoms with Gasteiger partial charge < -0.3 is 10.2 Å². The van der Waals surface area contributed by atoms with E-state index < -0.39 is 58.9 Å². The van der Waals surface area contributed by atoms with Crippen molar-refractivity contribution in [2.24, 2.45) is 11.8 Å². The second-order valence-electron chi connectivity index (χ2n) is 6.37. The van der Waals surface area contributed by atoms with Crippen molar-refractivity contribution in [3.8, 4) is 0 Å². The molecule has 2 atom stereocenters. The zero-order chi connectivity index (χ0) is 22.2. The molecule has 0 heterocycles. The number of aliphatic carboxylic acids is 2. The number of halogens is 1. The number of carbonyl (C=O) groups is 3. The fraction of sp³-hybridized carbons (Fsp3) is 0.471. The lowest BCUT2D eigenvalue weighted by atomic mass is 9.82. The number of alkyl halides is 1. The molecule has 12 heteroatoms. The van der Waals surface area contributed by atoms with Crippen molar-refractivity contribution in [2.75, 3.05) is 18.7 Å². The zero-order valence-corrected chi connectivity index (χ0v) is 17.2. The Morgan fingerprint density at radius 1 is 1.24 bits per heavy atom. The monoisotopic (exact) mass is 450 g/mol. The highest BCUT2D eigenvalue weighted by atomic mass is 35.5. The maximum Gasteiger partial charge on any atom is 0.331 e. The lowest BCUT2D eigenvalue weighted by Crippen LogP contribution is -2.62. The number of carboxylic acids is 2. The first-order valence-electron chi connectivity index (χ1n) is 8.45. The van der Waals surface area contributed by atoms with Crippen molar-refractivity contribution in [3.05, 3.63) is 35.9 Å². The number of rotatable bonds is 12. The van der Waals surface area contributed by atoms with E-state index in [9.17, 15) is 33.0 Å². The molecule has 0 spiro atoms. The summed E-state index contributed by atoms with van der Waals surface area (Å²) in [5.41, 5.74) is -2.17. The molecular weight excluding hydrogens is 428 g/mol. The van der Waals surface area contributed by atoms with Crippen molar-refractivity contribution in [1.29, 1.82) is 0 Å². The van der Waals surface area contributed by atoms with Crippen molar-refractivity contribution in [3.63, 3.8) is 0 Å². The van der Waals surface area contributed by atoms with Crippen LogP contribution in [0.1, 0.15) is 29.6 Å². The van der Waals surface area contributed by atoms with Gasteiger partial charge in [-0.2, -0.15) is 8.42 Å². The Balaban J connectivity index is 3.36. The van der Waals surface area contributed by atoms with Gasteiger partial charge in [-0.1, -0.05) is 18.2 Å². The fourth-order valence-electron chi connectivity index (χ4n) is 2.75. The highest BCUT2D eigenvalue weighted by Crippen LogP contribution is 2.30. The summed E-state index contributed by atoms with van der Waals surface area (Å²) in [6, 6.07) is 7.56. The molecule has 10 nitrogen and oxygen atoms in total. The number of nitrogens with zero attached hydrogens (tertiary/aromatic N) is 1. The van der Waals surface area contributed by atoms with E-state index in [-0.39, 0.29) is 17.9 Å². The van der Waals surface area contributed by atoms with Crippen LogP contribution in [0.15, 0.2) is 30.3 Å². The minimum atomic E-state index is -3.90. The van der Waals surface area contributed by atoms with Gasteiger partial charge in [0.05, 0.1) is 18.8 Å². The van der Waals surface area contributed by atoms with Crippen LogP contribution < -0.4 is 5.84 Å². The van der Waals surface area contributed by atoms with Gasteiger partial charge in [-0.05, 0) is 25.0 Å². The van der Waals surface area contributed by atoms with E-state index in [1.807, 2.05) is 0 Å². The Morgan fingerprint density at radius 2 is 1.83 bits per heavy atom. The van der Waals surface area contributed by atoms with Crippen molar-refractivity contribution >= 4 is 39.6 Å². The maximum absolute atomic E-state index is 12.8. The summed E-state index contributed by atoms with van der Waals surface area (Å²) >= 11 is 5.62. The van der Waals surface area contributed by atoms with E-state index in [1.165, 1.54) is 12.1 Å². The third-order valence-corrected chi connectivity index (χ3v) is 5.12. The standard InChI is InChI=1S/C17H23ClN2O8S/c1-29(26,27)28-10-8-17(16(24)25,11-13(7-9-18)15(22)23)20(19)14(21)12-5-3-2-4-6-12/h2-6,13H,7-11,19H2,1H3,(H,22,23)(H,24,25)/t13?,17-/m0/s1. The molecule has 4 N–H and O–H groups in total. The summed E-state index contributed by atoms with van der Waals surface area (Å²) in [5, 5.41) is 19.8. The first kappa shape index (κ1) is 24.8. The molecule has 0 radical (unpaired) electrons. The average molecular weight is 451 g/mol. The molecule has 0 bridgehead atoms. The molecule has 1 amide bonds. The zero-order valence-electron chi connectivity index (χ0n) is 15.7. The van der Waals surface area contributed by atoms with Crippen LogP contribution in [0.3, 0.4) is 0 Å². The van der Waals surface area contributed by atoms with Gasteiger partial charge in [-0.15, -0.1) is 11.6 Å². The molecule has 0 saturated heterocycles. The van der Waals surface area contributed by atoms with Crippen LogP contribution in [0, 0.1) is 5.92 Å². The Morgan fingerprint density at radius 3 is 2.28 bits per heavy atom. The molecule has 0 fully saturated rings. The minimum Gasteiger partial charge on any atom is -0.481 e. The third kappa shape index (κ3) is 6.96. The first-order valence-corrected chi connectivity index (χ1v) is 10.8. The second kappa shape index (κ2) is 10.5. The molecule has 0 aliphatic carbocycles. The maximum atomic E-state index is 12.8. The number of hydrogen-bond donors (Lipinski definition) is 3. The number of amides is 1. The summed E-state index contributed by atoms with van der Waals surface area (Å²) in [7, 11) is -3.90. The topological polar surface area (TPSA) is 164 Å². The summed E-state index contributed by atoms with van der Waals surface area (Å²) in [6.45, 7) is -0.617. The summed E-state index contributed by atoms with van der Waals surface area (Å²) in [5.74, 6) is 0.804. The highest BCUT2D eigenvalue weighted by molar-refractivity contribution is 7.85. The van der Waals surface area contributed by atoms with Gasteiger partial charge in [0.1, 0.15) is 0 Å². The van der Waals surface area contributed by atoms with Crippen LogP contribution in [-0.2, 0) is 23.9 Å². The number of carbonyl (C=O) groups excluding carboxylic acids is 1. The normalized spacial score (nSPS) is 14.6. The molecule has 0 saturated carbocycles. The largest absolute Gasteiger partial charge is 0.481 e. The van der Waals surface area contributed by atoms with Gasteiger partial charge in [0, 0.05) is 17.9 Å². The SMILES string of the molecule is CS(=O)(=O)OCC[C@](CC(CCCl)C(=O)O)(C(=O)O)N(N)C(=O)c1ccccc1. The predicted molar refractivity (Wildman–Crippen MR) is 104 cm³/mol.